The van der Waals surface area contributed by atoms with Crippen LogP contribution in [0.15, 0.2) is 180 Å². The molecule has 0 fully saturated rings. The third kappa shape index (κ3) is 4.47. The van der Waals surface area contributed by atoms with Crippen molar-refractivity contribution in [3.8, 4) is 28.3 Å². The Balaban J connectivity index is 1.20. The first kappa shape index (κ1) is 30.7. The van der Waals surface area contributed by atoms with Crippen LogP contribution in [0.3, 0.4) is 0 Å². The summed E-state index contributed by atoms with van der Waals surface area (Å²) in [6.07, 6.45) is 0. The number of para-hydroxylation sites is 2. The molecule has 11 rings (SSSR count). The molecule has 0 saturated carbocycles. The Morgan fingerprint density at radius 1 is 0.556 bits per heavy atom. The van der Waals surface area contributed by atoms with Gasteiger partial charge < -0.3 is 13.9 Å². The van der Waals surface area contributed by atoms with Crippen LogP contribution in [0.1, 0.15) is 25.0 Å². The number of fused-ring (bicyclic) bond motifs is 9. The SMILES string of the molecule is CC1(C)c2ccccc2-c2cc(N(c3ccc4c5ccc6ccccc6c5n(-c5ccccc5)c4c3)c3cccc4oc(-c5ccccc5)nc34)ccc21. The molecule has 0 amide bonds. The number of aromatic nitrogens is 2. The number of oxazole rings is 1. The molecule has 0 atom stereocenters. The van der Waals surface area contributed by atoms with Crippen LogP contribution in [0, 0.1) is 0 Å². The van der Waals surface area contributed by atoms with Crippen molar-refractivity contribution in [1.29, 1.82) is 0 Å². The van der Waals surface area contributed by atoms with E-state index in [1.165, 1.54) is 49.3 Å². The minimum Gasteiger partial charge on any atom is -0.436 e. The van der Waals surface area contributed by atoms with Gasteiger partial charge in [-0.1, -0.05) is 129 Å². The predicted octanol–water partition coefficient (Wildman–Crippen LogP) is 13.5. The largest absolute Gasteiger partial charge is 0.436 e. The van der Waals surface area contributed by atoms with Crippen LogP contribution >= 0.6 is 0 Å². The zero-order valence-electron chi connectivity index (χ0n) is 30.0. The maximum atomic E-state index is 6.45. The van der Waals surface area contributed by atoms with E-state index in [1.807, 2.05) is 36.4 Å². The number of nitrogens with zero attached hydrogens (tertiary/aromatic N) is 3. The van der Waals surface area contributed by atoms with E-state index in [4.69, 9.17) is 9.40 Å². The lowest BCUT2D eigenvalue weighted by atomic mass is 9.82. The predicted molar refractivity (Wildman–Crippen MR) is 224 cm³/mol. The van der Waals surface area contributed by atoms with Gasteiger partial charge in [-0.05, 0) is 88.3 Å². The van der Waals surface area contributed by atoms with Crippen molar-refractivity contribution >= 4 is 60.7 Å². The van der Waals surface area contributed by atoms with E-state index in [2.05, 4.69) is 163 Å². The van der Waals surface area contributed by atoms with E-state index in [1.54, 1.807) is 0 Å². The molecule has 0 unspecified atom stereocenters. The van der Waals surface area contributed by atoms with Gasteiger partial charge in [-0.3, -0.25) is 0 Å². The average molecular weight is 694 g/mol. The smallest absolute Gasteiger partial charge is 0.227 e. The number of hydrogen-bond acceptors (Lipinski definition) is 3. The quantitative estimate of drug-likeness (QED) is 0.180. The third-order valence-electron chi connectivity index (χ3n) is 11.4. The molecule has 0 bridgehead atoms. The summed E-state index contributed by atoms with van der Waals surface area (Å²) in [7, 11) is 0. The normalized spacial score (nSPS) is 13.1. The number of benzene rings is 8. The summed E-state index contributed by atoms with van der Waals surface area (Å²) < 4.78 is 8.88. The lowest BCUT2D eigenvalue weighted by molar-refractivity contribution is 0.620. The van der Waals surface area contributed by atoms with Crippen molar-refractivity contribution < 1.29 is 4.42 Å². The van der Waals surface area contributed by atoms with Crippen molar-refractivity contribution in [2.45, 2.75) is 19.3 Å². The lowest BCUT2D eigenvalue weighted by Gasteiger charge is -2.27. The van der Waals surface area contributed by atoms with Crippen LogP contribution in [0.5, 0.6) is 0 Å². The second-order valence-electron chi connectivity index (χ2n) is 14.8. The summed E-state index contributed by atoms with van der Waals surface area (Å²) in [5.41, 5.74) is 14.2. The highest BCUT2D eigenvalue weighted by atomic mass is 16.3. The molecule has 10 aromatic rings. The Morgan fingerprint density at radius 2 is 1.26 bits per heavy atom. The molecule has 0 saturated heterocycles. The maximum absolute atomic E-state index is 6.45. The molecule has 8 aromatic carbocycles. The summed E-state index contributed by atoms with van der Waals surface area (Å²) in [4.78, 5) is 7.53. The average Bonchev–Trinajstić information content (AvgIpc) is 3.88. The molecular weight excluding hydrogens is 659 g/mol. The third-order valence-corrected chi connectivity index (χ3v) is 11.4. The minimum absolute atomic E-state index is 0.0930. The fraction of sp³-hybridized carbons (Fsp3) is 0.0600. The fourth-order valence-corrected chi connectivity index (χ4v) is 8.84. The first-order valence-corrected chi connectivity index (χ1v) is 18.6. The molecule has 0 N–H and O–H groups in total. The first-order valence-electron chi connectivity index (χ1n) is 18.6. The Labute approximate surface area is 313 Å². The van der Waals surface area contributed by atoms with Crippen molar-refractivity contribution in [3.63, 3.8) is 0 Å². The molecule has 1 aliphatic carbocycles. The number of hydrogen-bond donors (Lipinski definition) is 0. The van der Waals surface area contributed by atoms with Gasteiger partial charge in [0.15, 0.2) is 5.58 Å². The minimum atomic E-state index is -0.0930. The monoisotopic (exact) mass is 693 g/mol. The highest BCUT2D eigenvalue weighted by Gasteiger charge is 2.35. The van der Waals surface area contributed by atoms with E-state index in [-0.39, 0.29) is 5.41 Å². The molecule has 2 heterocycles. The van der Waals surface area contributed by atoms with E-state index < -0.39 is 0 Å². The second-order valence-corrected chi connectivity index (χ2v) is 14.8. The van der Waals surface area contributed by atoms with Crippen molar-refractivity contribution in [2.24, 2.45) is 0 Å². The van der Waals surface area contributed by atoms with Gasteiger partial charge in [0.1, 0.15) is 5.52 Å². The standard InChI is InChI=1S/C50H35N3O/c1-50(2)42-21-12-11-20-38(42)41-30-35(26-29-43(41)50)52(44-22-13-23-46-47(44)51-49(54-46)33-15-5-3-6-16-33)36-25-28-39-40-27-24-32-14-9-10-19-37(32)48(40)53(45(39)31-36)34-17-7-4-8-18-34/h3-31H,1-2H3. The summed E-state index contributed by atoms with van der Waals surface area (Å²) in [6, 6.07) is 63.0. The van der Waals surface area contributed by atoms with Gasteiger partial charge in [-0.25, -0.2) is 4.98 Å². The van der Waals surface area contributed by atoms with Gasteiger partial charge in [0.2, 0.25) is 5.89 Å². The number of rotatable bonds is 5. The summed E-state index contributed by atoms with van der Waals surface area (Å²) >= 11 is 0. The van der Waals surface area contributed by atoms with E-state index in [9.17, 15) is 0 Å². The van der Waals surface area contributed by atoms with Gasteiger partial charge in [-0.15, -0.1) is 0 Å². The fourth-order valence-electron chi connectivity index (χ4n) is 8.84. The van der Waals surface area contributed by atoms with Crippen LogP contribution in [0.2, 0.25) is 0 Å². The van der Waals surface area contributed by atoms with Crippen LogP contribution in [-0.2, 0) is 5.41 Å². The van der Waals surface area contributed by atoms with Gasteiger partial charge in [0.25, 0.3) is 0 Å². The Hall–Kier alpha value is -6.91. The Kier molecular flexibility index (Phi) is 6.56. The molecule has 256 valence electrons. The van der Waals surface area contributed by atoms with Gasteiger partial charge in [0, 0.05) is 44.2 Å². The van der Waals surface area contributed by atoms with Crippen LogP contribution in [0.25, 0.3) is 71.9 Å². The first-order chi connectivity index (χ1) is 26.5. The van der Waals surface area contributed by atoms with Crippen molar-refractivity contribution in [3.05, 3.63) is 187 Å². The highest BCUT2D eigenvalue weighted by molar-refractivity contribution is 6.19. The van der Waals surface area contributed by atoms with Crippen LogP contribution in [0.4, 0.5) is 17.1 Å². The molecule has 1 aliphatic rings. The second kappa shape index (κ2) is 11.5. The maximum Gasteiger partial charge on any atom is 0.227 e. The topological polar surface area (TPSA) is 34.2 Å². The summed E-state index contributed by atoms with van der Waals surface area (Å²) in [5, 5.41) is 4.89. The lowest BCUT2D eigenvalue weighted by Crippen LogP contribution is -2.15. The highest BCUT2D eigenvalue weighted by Crippen LogP contribution is 2.51. The van der Waals surface area contributed by atoms with E-state index >= 15 is 0 Å². The molecule has 0 aliphatic heterocycles. The zero-order chi connectivity index (χ0) is 36.0. The number of anilines is 3. The van der Waals surface area contributed by atoms with Gasteiger partial charge in [0.05, 0.1) is 16.7 Å². The zero-order valence-corrected chi connectivity index (χ0v) is 30.0. The van der Waals surface area contributed by atoms with Gasteiger partial charge in [-0.2, -0.15) is 0 Å². The summed E-state index contributed by atoms with van der Waals surface area (Å²) in [6.45, 7) is 4.66. The summed E-state index contributed by atoms with van der Waals surface area (Å²) in [5.74, 6) is 0.606. The molecule has 4 heteroatoms. The molecule has 0 radical (unpaired) electrons. The van der Waals surface area contributed by atoms with Crippen molar-refractivity contribution in [2.75, 3.05) is 4.90 Å². The van der Waals surface area contributed by atoms with Crippen LogP contribution in [-0.4, -0.2) is 9.55 Å². The van der Waals surface area contributed by atoms with E-state index in [0.717, 1.165) is 44.9 Å². The molecule has 4 nitrogen and oxygen atoms in total. The molecule has 54 heavy (non-hydrogen) atoms. The Bertz CT molecular complexity index is 3080. The van der Waals surface area contributed by atoms with Gasteiger partial charge >= 0.3 is 0 Å². The van der Waals surface area contributed by atoms with E-state index in [0.29, 0.717) is 5.89 Å². The molecule has 2 aromatic heterocycles. The van der Waals surface area contributed by atoms with Crippen molar-refractivity contribution in [1.82, 2.24) is 9.55 Å². The van der Waals surface area contributed by atoms with Crippen LogP contribution < -0.4 is 4.90 Å². The Morgan fingerprint density at radius 3 is 2.13 bits per heavy atom. The molecular formula is C50H35N3O. The molecule has 0 spiro atoms.